The summed E-state index contributed by atoms with van der Waals surface area (Å²) in [6.45, 7) is 8.51. The van der Waals surface area contributed by atoms with Gasteiger partial charge in [-0.1, -0.05) is 18.2 Å². The Morgan fingerprint density at radius 2 is 1.74 bits per heavy atom. The average Bonchev–Trinajstić information content (AvgIpc) is 2.88. The van der Waals surface area contributed by atoms with Gasteiger partial charge in [0.1, 0.15) is 0 Å². The van der Waals surface area contributed by atoms with Gasteiger partial charge in [0.2, 0.25) is 0 Å². The molecule has 3 nitrogen and oxygen atoms in total. The lowest BCUT2D eigenvalue weighted by atomic mass is 10.2. The second-order valence-electron chi connectivity index (χ2n) is 5.66. The number of nitrogens with one attached hydrogen (secondary N) is 1. The molecule has 1 fully saturated rings. The minimum atomic E-state index is 1.17. The number of para-hydroxylation sites is 1. The van der Waals surface area contributed by atoms with E-state index in [0.29, 0.717) is 0 Å². The fourth-order valence-corrected chi connectivity index (χ4v) is 3.21. The number of anilines is 1. The maximum absolute atomic E-state index is 3.41. The molecule has 1 N–H and O–H groups in total. The van der Waals surface area contributed by atoms with Crippen LogP contribution in [0.25, 0.3) is 0 Å². The highest BCUT2D eigenvalue weighted by Crippen LogP contribution is 2.27. The first kappa shape index (κ1) is 12.9. The molecule has 0 unspecified atom stereocenters. The third-order valence-corrected chi connectivity index (χ3v) is 4.35. The first-order valence-corrected chi connectivity index (χ1v) is 7.69. The molecule has 1 aromatic carbocycles. The standard InChI is InChI=1S/C16H25N3/c1-2-6-16-15(5-1)7-12-19(16)11-4-3-10-18-13-8-17-9-14-18/h1-2,5-6,17H,3-4,7-14H2. The van der Waals surface area contributed by atoms with Gasteiger partial charge in [-0.05, 0) is 37.4 Å². The molecule has 0 saturated carbocycles. The fourth-order valence-electron chi connectivity index (χ4n) is 3.21. The van der Waals surface area contributed by atoms with E-state index in [-0.39, 0.29) is 0 Å². The van der Waals surface area contributed by atoms with Crippen molar-refractivity contribution in [1.29, 1.82) is 0 Å². The van der Waals surface area contributed by atoms with Crippen molar-refractivity contribution in [2.24, 2.45) is 0 Å². The molecule has 19 heavy (non-hydrogen) atoms. The second-order valence-corrected chi connectivity index (χ2v) is 5.66. The van der Waals surface area contributed by atoms with Gasteiger partial charge < -0.3 is 15.1 Å². The summed E-state index contributed by atoms with van der Waals surface area (Å²) in [6, 6.07) is 8.87. The van der Waals surface area contributed by atoms with Crippen LogP contribution in [0, 0.1) is 0 Å². The number of nitrogens with zero attached hydrogens (tertiary/aromatic N) is 2. The molecule has 3 rings (SSSR count). The zero-order valence-electron chi connectivity index (χ0n) is 11.8. The minimum absolute atomic E-state index is 1.17. The lowest BCUT2D eigenvalue weighted by molar-refractivity contribution is 0.237. The van der Waals surface area contributed by atoms with Gasteiger partial charge in [0.05, 0.1) is 0 Å². The number of fused-ring (bicyclic) bond motifs is 1. The number of piperazine rings is 1. The van der Waals surface area contributed by atoms with Gasteiger partial charge in [-0.25, -0.2) is 0 Å². The zero-order chi connectivity index (χ0) is 12.9. The largest absolute Gasteiger partial charge is 0.371 e. The highest BCUT2D eigenvalue weighted by atomic mass is 15.2. The monoisotopic (exact) mass is 259 g/mol. The first-order valence-electron chi connectivity index (χ1n) is 7.69. The quantitative estimate of drug-likeness (QED) is 0.813. The molecule has 0 radical (unpaired) electrons. The van der Waals surface area contributed by atoms with E-state index >= 15 is 0 Å². The lowest BCUT2D eigenvalue weighted by Crippen LogP contribution is -2.43. The van der Waals surface area contributed by atoms with Crippen LogP contribution in [0.4, 0.5) is 5.69 Å². The van der Waals surface area contributed by atoms with Crippen molar-refractivity contribution in [2.75, 3.05) is 50.7 Å². The van der Waals surface area contributed by atoms with Crippen molar-refractivity contribution < 1.29 is 0 Å². The molecular formula is C16H25N3. The van der Waals surface area contributed by atoms with Gasteiger partial charge in [-0.2, -0.15) is 0 Å². The second kappa shape index (κ2) is 6.40. The first-order chi connectivity index (χ1) is 9.43. The molecule has 0 bridgehead atoms. The van der Waals surface area contributed by atoms with Crippen molar-refractivity contribution in [2.45, 2.75) is 19.3 Å². The topological polar surface area (TPSA) is 18.5 Å². The molecule has 0 atom stereocenters. The van der Waals surface area contributed by atoms with E-state index in [9.17, 15) is 0 Å². The molecule has 0 amide bonds. The summed E-state index contributed by atoms with van der Waals surface area (Å²) in [5.41, 5.74) is 3.01. The van der Waals surface area contributed by atoms with Crippen LogP contribution in [0.5, 0.6) is 0 Å². The number of unbranched alkanes of at least 4 members (excludes halogenated alkanes) is 1. The van der Waals surface area contributed by atoms with E-state index in [1.807, 2.05) is 0 Å². The molecule has 3 heteroatoms. The van der Waals surface area contributed by atoms with E-state index in [4.69, 9.17) is 0 Å². The highest BCUT2D eigenvalue weighted by Gasteiger charge is 2.17. The normalized spacial score (nSPS) is 19.7. The minimum Gasteiger partial charge on any atom is -0.371 e. The van der Waals surface area contributed by atoms with E-state index in [0.717, 1.165) is 0 Å². The van der Waals surface area contributed by atoms with Crippen LogP contribution >= 0.6 is 0 Å². The van der Waals surface area contributed by atoms with Gasteiger partial charge in [-0.15, -0.1) is 0 Å². The number of rotatable bonds is 5. The molecule has 2 aliphatic heterocycles. The van der Waals surface area contributed by atoms with Crippen LogP contribution in [0.1, 0.15) is 18.4 Å². The van der Waals surface area contributed by atoms with E-state index in [1.54, 1.807) is 0 Å². The van der Waals surface area contributed by atoms with Crippen LogP contribution in [0.2, 0.25) is 0 Å². The van der Waals surface area contributed by atoms with E-state index in [2.05, 4.69) is 39.4 Å². The molecule has 0 spiro atoms. The summed E-state index contributed by atoms with van der Waals surface area (Å²) in [5.74, 6) is 0. The summed E-state index contributed by atoms with van der Waals surface area (Å²) in [5, 5.41) is 3.41. The number of hydrogen-bond donors (Lipinski definition) is 1. The van der Waals surface area contributed by atoms with Crippen molar-refractivity contribution in [3.63, 3.8) is 0 Å². The smallest absolute Gasteiger partial charge is 0.0399 e. The van der Waals surface area contributed by atoms with Crippen molar-refractivity contribution in [1.82, 2.24) is 10.2 Å². The summed E-state index contributed by atoms with van der Waals surface area (Å²) in [6.07, 6.45) is 3.88. The lowest BCUT2D eigenvalue weighted by Gasteiger charge is -2.27. The summed E-state index contributed by atoms with van der Waals surface area (Å²) >= 11 is 0. The van der Waals surface area contributed by atoms with Crippen molar-refractivity contribution in [3.8, 4) is 0 Å². The van der Waals surface area contributed by atoms with Gasteiger partial charge in [0.15, 0.2) is 0 Å². The van der Waals surface area contributed by atoms with E-state index in [1.165, 1.54) is 76.3 Å². The Morgan fingerprint density at radius 1 is 0.947 bits per heavy atom. The number of benzene rings is 1. The fraction of sp³-hybridized carbons (Fsp3) is 0.625. The highest BCUT2D eigenvalue weighted by molar-refractivity contribution is 5.57. The maximum Gasteiger partial charge on any atom is 0.0399 e. The van der Waals surface area contributed by atoms with E-state index < -0.39 is 0 Å². The van der Waals surface area contributed by atoms with Crippen LogP contribution < -0.4 is 10.2 Å². The van der Waals surface area contributed by atoms with Gasteiger partial charge in [0, 0.05) is 45.0 Å². The molecule has 0 aliphatic carbocycles. The Morgan fingerprint density at radius 3 is 2.63 bits per heavy atom. The molecule has 2 aliphatic rings. The molecular weight excluding hydrogens is 234 g/mol. The Labute approximate surface area is 116 Å². The third-order valence-electron chi connectivity index (χ3n) is 4.35. The number of hydrogen-bond acceptors (Lipinski definition) is 3. The van der Waals surface area contributed by atoms with Crippen LogP contribution in [-0.2, 0) is 6.42 Å². The summed E-state index contributed by atoms with van der Waals surface area (Å²) in [4.78, 5) is 5.15. The molecule has 104 valence electrons. The average molecular weight is 259 g/mol. The Bertz CT molecular complexity index is 399. The van der Waals surface area contributed by atoms with Crippen LogP contribution in [0.3, 0.4) is 0 Å². The molecule has 1 aromatic rings. The van der Waals surface area contributed by atoms with Crippen LogP contribution in [-0.4, -0.2) is 50.7 Å². The van der Waals surface area contributed by atoms with Gasteiger partial charge in [-0.3, -0.25) is 0 Å². The van der Waals surface area contributed by atoms with Crippen molar-refractivity contribution >= 4 is 5.69 Å². The Kier molecular flexibility index (Phi) is 4.36. The SMILES string of the molecule is c1ccc2c(c1)CCN2CCCCN1CCNCC1. The maximum atomic E-state index is 3.41. The third kappa shape index (κ3) is 3.28. The Hall–Kier alpha value is -1.06. The van der Waals surface area contributed by atoms with Crippen LogP contribution in [0.15, 0.2) is 24.3 Å². The predicted molar refractivity (Wildman–Crippen MR) is 80.9 cm³/mol. The van der Waals surface area contributed by atoms with Gasteiger partial charge in [0.25, 0.3) is 0 Å². The predicted octanol–water partition coefficient (Wildman–Crippen LogP) is 1.73. The molecule has 1 saturated heterocycles. The Balaban J connectivity index is 1.39. The summed E-state index contributed by atoms with van der Waals surface area (Å²) in [7, 11) is 0. The molecule has 0 aromatic heterocycles. The van der Waals surface area contributed by atoms with Gasteiger partial charge >= 0.3 is 0 Å². The summed E-state index contributed by atoms with van der Waals surface area (Å²) < 4.78 is 0. The molecule has 2 heterocycles. The van der Waals surface area contributed by atoms with Crippen molar-refractivity contribution in [3.05, 3.63) is 29.8 Å². The zero-order valence-corrected chi connectivity index (χ0v) is 11.8.